The van der Waals surface area contributed by atoms with Gasteiger partial charge in [0.2, 0.25) is 0 Å². The van der Waals surface area contributed by atoms with E-state index in [-0.39, 0.29) is 0 Å². The number of hydrogen-bond donors (Lipinski definition) is 0. The molecule has 1 aromatic rings. The van der Waals surface area contributed by atoms with Crippen LogP contribution in [0.25, 0.3) is 0 Å². The van der Waals surface area contributed by atoms with Crippen molar-refractivity contribution >= 4 is 12.0 Å². The van der Waals surface area contributed by atoms with Crippen LogP contribution in [0.1, 0.15) is 36.5 Å². The lowest BCUT2D eigenvalue weighted by molar-refractivity contribution is 0.112. The fourth-order valence-electron chi connectivity index (χ4n) is 2.38. The van der Waals surface area contributed by atoms with Gasteiger partial charge in [0, 0.05) is 23.8 Å². The summed E-state index contributed by atoms with van der Waals surface area (Å²) >= 11 is 0. The average Bonchev–Trinajstić information content (AvgIpc) is 2.77. The van der Waals surface area contributed by atoms with Crippen LogP contribution >= 0.6 is 0 Å². The van der Waals surface area contributed by atoms with Gasteiger partial charge in [0.1, 0.15) is 6.29 Å². The number of rotatable bonds is 3. The zero-order chi connectivity index (χ0) is 10.7. The number of hydrogen-bond acceptors (Lipinski definition) is 2. The second-order valence-electron chi connectivity index (χ2n) is 4.11. The molecule has 0 bridgehead atoms. The highest BCUT2D eigenvalue weighted by atomic mass is 16.1. The summed E-state index contributed by atoms with van der Waals surface area (Å²) in [7, 11) is 0. The molecule has 2 nitrogen and oxygen atoms in total. The molecular formula is C13H17NO. The minimum atomic E-state index is 0.659. The second-order valence-corrected chi connectivity index (χ2v) is 4.11. The summed E-state index contributed by atoms with van der Waals surface area (Å²) in [5, 5.41) is 0. The molecule has 1 aromatic carbocycles. The van der Waals surface area contributed by atoms with Gasteiger partial charge in [-0.2, -0.15) is 0 Å². The van der Waals surface area contributed by atoms with Crippen LogP contribution in [0.2, 0.25) is 0 Å². The van der Waals surface area contributed by atoms with Gasteiger partial charge in [0.05, 0.1) is 0 Å². The topological polar surface area (TPSA) is 20.3 Å². The van der Waals surface area contributed by atoms with Gasteiger partial charge >= 0.3 is 0 Å². The Morgan fingerprint density at radius 1 is 1.53 bits per heavy atom. The SMILES string of the molecule is CCC1CCCN1c1cccc(C=O)c1. The van der Waals surface area contributed by atoms with Crippen molar-refractivity contribution in [3.05, 3.63) is 29.8 Å². The number of benzene rings is 1. The standard InChI is InChI=1S/C13H17NO/c1-2-12-7-4-8-14(12)13-6-3-5-11(9-13)10-15/h3,5-6,9-10,12H,2,4,7-8H2,1H3. The minimum Gasteiger partial charge on any atom is -0.369 e. The van der Waals surface area contributed by atoms with Gasteiger partial charge in [0.15, 0.2) is 0 Å². The molecule has 1 fully saturated rings. The highest BCUT2D eigenvalue weighted by Gasteiger charge is 2.22. The lowest BCUT2D eigenvalue weighted by Gasteiger charge is -2.26. The lowest BCUT2D eigenvalue weighted by atomic mass is 10.1. The zero-order valence-electron chi connectivity index (χ0n) is 9.15. The van der Waals surface area contributed by atoms with Gasteiger partial charge in [-0.25, -0.2) is 0 Å². The summed E-state index contributed by atoms with van der Waals surface area (Å²) in [4.78, 5) is 13.1. The highest BCUT2D eigenvalue weighted by molar-refractivity contribution is 5.77. The molecule has 80 valence electrons. The predicted octanol–water partition coefficient (Wildman–Crippen LogP) is 2.88. The summed E-state index contributed by atoms with van der Waals surface area (Å²) in [5.41, 5.74) is 1.97. The van der Waals surface area contributed by atoms with Crippen molar-refractivity contribution in [1.82, 2.24) is 0 Å². The number of anilines is 1. The van der Waals surface area contributed by atoms with Gasteiger partial charge in [-0.15, -0.1) is 0 Å². The molecule has 0 aromatic heterocycles. The van der Waals surface area contributed by atoms with Crippen molar-refractivity contribution in [2.24, 2.45) is 0 Å². The molecule has 0 radical (unpaired) electrons. The van der Waals surface area contributed by atoms with Crippen molar-refractivity contribution in [3.8, 4) is 0 Å². The van der Waals surface area contributed by atoms with E-state index in [1.165, 1.54) is 24.9 Å². The fourth-order valence-corrected chi connectivity index (χ4v) is 2.38. The van der Waals surface area contributed by atoms with Gasteiger partial charge < -0.3 is 4.90 Å². The Morgan fingerprint density at radius 3 is 3.13 bits per heavy atom. The van der Waals surface area contributed by atoms with Crippen LogP contribution in [-0.2, 0) is 0 Å². The molecule has 0 amide bonds. The van der Waals surface area contributed by atoms with E-state index in [2.05, 4.69) is 17.9 Å². The third kappa shape index (κ3) is 2.04. The molecule has 1 aliphatic rings. The van der Waals surface area contributed by atoms with E-state index in [4.69, 9.17) is 0 Å². The summed E-state index contributed by atoms with van der Waals surface area (Å²) in [6, 6.07) is 8.56. The quantitative estimate of drug-likeness (QED) is 0.704. The largest absolute Gasteiger partial charge is 0.369 e. The first-order chi connectivity index (χ1) is 7.35. The molecule has 1 unspecified atom stereocenters. The van der Waals surface area contributed by atoms with Crippen LogP contribution in [0.3, 0.4) is 0 Å². The lowest BCUT2D eigenvalue weighted by Crippen LogP contribution is -2.28. The zero-order valence-corrected chi connectivity index (χ0v) is 9.15. The van der Waals surface area contributed by atoms with Crippen molar-refractivity contribution in [2.75, 3.05) is 11.4 Å². The number of carbonyl (C=O) groups excluding carboxylic acids is 1. The third-order valence-electron chi connectivity index (χ3n) is 3.19. The van der Waals surface area contributed by atoms with Crippen LogP contribution < -0.4 is 4.90 Å². The first-order valence-electron chi connectivity index (χ1n) is 5.67. The van der Waals surface area contributed by atoms with Crippen LogP contribution in [0, 0.1) is 0 Å². The average molecular weight is 203 g/mol. The molecule has 1 aliphatic heterocycles. The maximum atomic E-state index is 10.7. The van der Waals surface area contributed by atoms with Crippen LogP contribution in [0.4, 0.5) is 5.69 Å². The molecule has 0 spiro atoms. The number of aldehydes is 1. The maximum Gasteiger partial charge on any atom is 0.150 e. The molecule has 0 saturated carbocycles. The highest BCUT2D eigenvalue weighted by Crippen LogP contribution is 2.27. The summed E-state index contributed by atoms with van der Waals surface area (Å²) < 4.78 is 0. The van der Waals surface area contributed by atoms with Gasteiger partial charge in [0.25, 0.3) is 0 Å². The first kappa shape index (κ1) is 10.2. The Labute approximate surface area is 90.9 Å². The Balaban J connectivity index is 2.24. The molecular weight excluding hydrogens is 186 g/mol. The predicted molar refractivity (Wildman–Crippen MR) is 62.5 cm³/mol. The van der Waals surface area contributed by atoms with Crippen molar-refractivity contribution < 1.29 is 4.79 Å². The fraction of sp³-hybridized carbons (Fsp3) is 0.462. The second kappa shape index (κ2) is 4.47. The molecule has 0 aliphatic carbocycles. The maximum absolute atomic E-state index is 10.7. The Morgan fingerprint density at radius 2 is 2.40 bits per heavy atom. The molecule has 0 N–H and O–H groups in total. The number of nitrogens with zero attached hydrogens (tertiary/aromatic N) is 1. The van der Waals surface area contributed by atoms with E-state index in [9.17, 15) is 4.79 Å². The Hall–Kier alpha value is -1.31. The van der Waals surface area contributed by atoms with E-state index in [0.717, 1.165) is 18.4 Å². The smallest absolute Gasteiger partial charge is 0.150 e. The van der Waals surface area contributed by atoms with E-state index in [1.807, 2.05) is 18.2 Å². The number of carbonyl (C=O) groups is 1. The van der Waals surface area contributed by atoms with Crippen LogP contribution in [0.5, 0.6) is 0 Å². The minimum absolute atomic E-state index is 0.659. The van der Waals surface area contributed by atoms with Gasteiger partial charge in [-0.3, -0.25) is 4.79 Å². The third-order valence-corrected chi connectivity index (χ3v) is 3.19. The van der Waals surface area contributed by atoms with Crippen LogP contribution in [-0.4, -0.2) is 18.9 Å². The molecule has 15 heavy (non-hydrogen) atoms. The molecule has 2 heteroatoms. The van der Waals surface area contributed by atoms with E-state index in [1.54, 1.807) is 0 Å². The summed E-state index contributed by atoms with van der Waals surface area (Å²) in [6.45, 7) is 3.35. The first-order valence-corrected chi connectivity index (χ1v) is 5.67. The van der Waals surface area contributed by atoms with Gasteiger partial charge in [-0.1, -0.05) is 19.1 Å². The summed E-state index contributed by atoms with van der Waals surface area (Å²) in [5.74, 6) is 0. The molecule has 1 saturated heterocycles. The van der Waals surface area contributed by atoms with E-state index in [0.29, 0.717) is 6.04 Å². The van der Waals surface area contributed by atoms with Crippen LogP contribution in [0.15, 0.2) is 24.3 Å². The van der Waals surface area contributed by atoms with Crippen molar-refractivity contribution in [2.45, 2.75) is 32.2 Å². The van der Waals surface area contributed by atoms with Gasteiger partial charge in [-0.05, 0) is 31.4 Å². The van der Waals surface area contributed by atoms with E-state index < -0.39 is 0 Å². The monoisotopic (exact) mass is 203 g/mol. The summed E-state index contributed by atoms with van der Waals surface area (Å²) in [6.07, 6.45) is 4.65. The Bertz CT molecular complexity index is 348. The normalized spacial score (nSPS) is 20.6. The molecule has 1 heterocycles. The van der Waals surface area contributed by atoms with Crippen molar-refractivity contribution in [3.63, 3.8) is 0 Å². The Kier molecular flexibility index (Phi) is 3.05. The molecule has 2 rings (SSSR count). The van der Waals surface area contributed by atoms with E-state index >= 15 is 0 Å². The molecule has 1 atom stereocenters. The van der Waals surface area contributed by atoms with Crippen molar-refractivity contribution in [1.29, 1.82) is 0 Å².